The molecule has 2 aromatic rings. The largest absolute Gasteiger partial charge is 0.493 e. The van der Waals surface area contributed by atoms with E-state index in [0.717, 1.165) is 11.0 Å². The number of carbonyl (C=O) groups excluding carboxylic acids is 4. The number of methoxy groups -OCH3 is 1. The number of hydrogen-bond acceptors (Lipinski definition) is 8. The molecule has 2 aromatic carbocycles. The summed E-state index contributed by atoms with van der Waals surface area (Å²) in [7, 11) is 1.41. The molecule has 1 N–H and O–H groups in total. The van der Waals surface area contributed by atoms with Crippen molar-refractivity contribution in [2.45, 2.75) is 6.92 Å². The number of halogens is 2. The third-order valence-electron chi connectivity index (χ3n) is 4.50. The fourth-order valence-electron chi connectivity index (χ4n) is 2.96. The highest BCUT2D eigenvalue weighted by Crippen LogP contribution is 2.38. The Balaban J connectivity index is 1.73. The molecule has 0 atom stereocenters. The number of carbonyl (C=O) groups is 4. The summed E-state index contributed by atoms with van der Waals surface area (Å²) in [6.45, 7) is 1.07. The summed E-state index contributed by atoms with van der Waals surface area (Å²) in [5.41, 5.74) is 0.707. The Kier molecular flexibility index (Phi) is 8.88. The van der Waals surface area contributed by atoms with Gasteiger partial charge in [0.2, 0.25) is 5.91 Å². The van der Waals surface area contributed by atoms with Gasteiger partial charge in [-0.1, -0.05) is 22.0 Å². The monoisotopic (exact) mass is 566 g/mol. The standard InChI is InChI=1S/C23H20BrFN2O7S/c1-3-33-21(29)12-34-18-10-16(24)13(7-17(18)32-2)8-19-22(30)27(23(31)35-19)11-20(28)26-15-6-4-5-14(25)9-15/h4-10H,3,11-12H2,1-2H3,(H,26,28)/b19-8+. The van der Waals surface area contributed by atoms with Gasteiger partial charge >= 0.3 is 5.97 Å². The highest BCUT2D eigenvalue weighted by molar-refractivity contribution is 9.10. The zero-order chi connectivity index (χ0) is 25.5. The van der Waals surface area contributed by atoms with E-state index in [-0.39, 0.29) is 35.3 Å². The molecule has 0 aliphatic carbocycles. The van der Waals surface area contributed by atoms with Gasteiger partial charge in [-0.15, -0.1) is 0 Å². The van der Waals surface area contributed by atoms with Crippen LogP contribution >= 0.6 is 27.7 Å². The van der Waals surface area contributed by atoms with Crippen molar-refractivity contribution in [3.8, 4) is 11.5 Å². The van der Waals surface area contributed by atoms with Crippen molar-refractivity contribution in [3.63, 3.8) is 0 Å². The number of imide groups is 1. The van der Waals surface area contributed by atoms with E-state index in [4.69, 9.17) is 14.2 Å². The molecule has 0 unspecified atom stereocenters. The van der Waals surface area contributed by atoms with Crippen LogP contribution in [0.3, 0.4) is 0 Å². The van der Waals surface area contributed by atoms with E-state index >= 15 is 0 Å². The molecule has 35 heavy (non-hydrogen) atoms. The maximum Gasteiger partial charge on any atom is 0.344 e. The van der Waals surface area contributed by atoms with E-state index in [1.165, 1.54) is 31.4 Å². The minimum Gasteiger partial charge on any atom is -0.493 e. The van der Waals surface area contributed by atoms with Crippen molar-refractivity contribution in [1.29, 1.82) is 0 Å². The van der Waals surface area contributed by atoms with Crippen LogP contribution in [0.4, 0.5) is 14.9 Å². The Morgan fingerprint density at radius 3 is 2.66 bits per heavy atom. The molecule has 1 aliphatic heterocycles. The SMILES string of the molecule is CCOC(=O)COc1cc(Br)c(/C=C2/SC(=O)N(CC(=O)Nc3cccc(F)c3)C2=O)cc1OC. The number of hydrogen-bond donors (Lipinski definition) is 1. The summed E-state index contributed by atoms with van der Waals surface area (Å²) >= 11 is 4.06. The van der Waals surface area contributed by atoms with E-state index in [9.17, 15) is 23.6 Å². The van der Waals surface area contributed by atoms with E-state index in [1.54, 1.807) is 19.1 Å². The average molecular weight is 567 g/mol. The van der Waals surface area contributed by atoms with E-state index < -0.39 is 35.4 Å². The molecule has 12 heteroatoms. The van der Waals surface area contributed by atoms with Crippen LogP contribution in [-0.2, 0) is 19.1 Å². The molecule has 3 rings (SSSR count). The molecule has 3 amide bonds. The molecule has 0 spiro atoms. The summed E-state index contributed by atoms with van der Waals surface area (Å²) in [5.74, 6) is -1.81. The van der Waals surface area contributed by atoms with Crippen LogP contribution in [-0.4, -0.2) is 54.8 Å². The molecule has 0 aromatic heterocycles. The van der Waals surface area contributed by atoms with Gasteiger partial charge < -0.3 is 19.5 Å². The first-order valence-corrected chi connectivity index (χ1v) is 11.8. The van der Waals surface area contributed by atoms with Gasteiger partial charge in [0, 0.05) is 10.2 Å². The molecule has 9 nitrogen and oxygen atoms in total. The second-order valence-electron chi connectivity index (χ2n) is 6.94. The lowest BCUT2D eigenvalue weighted by Crippen LogP contribution is -2.36. The lowest BCUT2D eigenvalue weighted by Gasteiger charge is -2.13. The van der Waals surface area contributed by atoms with Crippen molar-refractivity contribution in [3.05, 3.63) is 57.2 Å². The smallest absolute Gasteiger partial charge is 0.344 e. The first-order valence-electron chi connectivity index (χ1n) is 10.2. The lowest BCUT2D eigenvalue weighted by molar-refractivity contribution is -0.145. The van der Waals surface area contributed by atoms with Crippen LogP contribution in [0, 0.1) is 5.82 Å². The maximum absolute atomic E-state index is 13.3. The molecule has 1 aliphatic rings. The van der Waals surface area contributed by atoms with E-state index in [0.29, 0.717) is 21.8 Å². The number of amides is 3. The Labute approximate surface area is 212 Å². The second-order valence-corrected chi connectivity index (χ2v) is 8.79. The predicted molar refractivity (Wildman–Crippen MR) is 131 cm³/mol. The quantitative estimate of drug-likeness (QED) is 0.355. The van der Waals surface area contributed by atoms with Gasteiger partial charge in [0.1, 0.15) is 12.4 Å². The van der Waals surface area contributed by atoms with Gasteiger partial charge in [0.05, 0.1) is 18.6 Å². The van der Waals surface area contributed by atoms with Crippen molar-refractivity contribution in [2.24, 2.45) is 0 Å². The number of thioether (sulfide) groups is 1. The molecule has 1 fully saturated rings. The van der Waals surface area contributed by atoms with Crippen LogP contribution in [0.5, 0.6) is 11.5 Å². The molecular weight excluding hydrogens is 547 g/mol. The normalized spacial score (nSPS) is 14.3. The third kappa shape index (κ3) is 6.83. The van der Waals surface area contributed by atoms with Crippen molar-refractivity contribution < 1.29 is 37.8 Å². The van der Waals surface area contributed by atoms with Crippen LogP contribution < -0.4 is 14.8 Å². The Bertz CT molecular complexity index is 1200. The van der Waals surface area contributed by atoms with Crippen molar-refractivity contribution in [1.82, 2.24) is 4.90 Å². The van der Waals surface area contributed by atoms with Crippen molar-refractivity contribution >= 4 is 62.5 Å². The number of nitrogens with one attached hydrogen (secondary N) is 1. The average Bonchev–Trinajstić information content (AvgIpc) is 3.06. The van der Waals surface area contributed by atoms with Crippen LogP contribution in [0.1, 0.15) is 12.5 Å². The van der Waals surface area contributed by atoms with Gasteiger partial charge in [-0.05, 0) is 60.7 Å². The van der Waals surface area contributed by atoms with E-state index in [2.05, 4.69) is 21.2 Å². The first-order chi connectivity index (χ1) is 16.7. The molecule has 0 radical (unpaired) electrons. The molecular formula is C23H20BrFN2O7S. The Morgan fingerprint density at radius 2 is 1.97 bits per heavy atom. The van der Waals surface area contributed by atoms with Crippen LogP contribution in [0.2, 0.25) is 0 Å². The topological polar surface area (TPSA) is 111 Å². The number of nitrogens with zero attached hydrogens (tertiary/aromatic N) is 1. The van der Waals surface area contributed by atoms with Gasteiger partial charge in [-0.25, -0.2) is 9.18 Å². The number of anilines is 1. The Morgan fingerprint density at radius 1 is 1.20 bits per heavy atom. The van der Waals surface area contributed by atoms with Gasteiger partial charge in [-0.2, -0.15) is 0 Å². The first kappa shape index (κ1) is 26.2. The number of rotatable bonds is 9. The summed E-state index contributed by atoms with van der Waals surface area (Å²) in [6.07, 6.45) is 1.47. The molecule has 0 bridgehead atoms. The van der Waals surface area contributed by atoms with E-state index in [1.807, 2.05) is 0 Å². The predicted octanol–water partition coefficient (Wildman–Crippen LogP) is 4.21. The summed E-state index contributed by atoms with van der Waals surface area (Å²) in [5, 5.41) is 1.83. The molecule has 0 saturated carbocycles. The highest BCUT2D eigenvalue weighted by atomic mass is 79.9. The zero-order valence-corrected chi connectivity index (χ0v) is 21.0. The fourth-order valence-corrected chi connectivity index (χ4v) is 4.23. The number of ether oxygens (including phenoxy) is 3. The lowest BCUT2D eigenvalue weighted by atomic mass is 10.2. The molecule has 1 saturated heterocycles. The second kappa shape index (κ2) is 11.8. The minimum atomic E-state index is -0.650. The van der Waals surface area contributed by atoms with Gasteiger partial charge in [-0.3, -0.25) is 19.3 Å². The third-order valence-corrected chi connectivity index (χ3v) is 6.10. The fraction of sp³-hybridized carbons (Fsp3) is 0.217. The summed E-state index contributed by atoms with van der Waals surface area (Å²) in [4.78, 5) is 49.9. The number of esters is 1. The van der Waals surface area contributed by atoms with Gasteiger partial charge in [0.15, 0.2) is 18.1 Å². The maximum atomic E-state index is 13.3. The summed E-state index contributed by atoms with van der Waals surface area (Å²) < 4.78 is 29.4. The zero-order valence-electron chi connectivity index (χ0n) is 18.6. The number of benzene rings is 2. The summed E-state index contributed by atoms with van der Waals surface area (Å²) in [6, 6.07) is 8.38. The van der Waals surface area contributed by atoms with Crippen LogP contribution in [0.15, 0.2) is 45.8 Å². The van der Waals surface area contributed by atoms with Crippen molar-refractivity contribution in [2.75, 3.05) is 32.2 Å². The molecule has 1 heterocycles. The minimum absolute atomic E-state index is 0.0940. The molecule has 184 valence electrons. The van der Waals surface area contributed by atoms with Gasteiger partial charge in [0.25, 0.3) is 11.1 Å². The van der Waals surface area contributed by atoms with Crippen LogP contribution in [0.25, 0.3) is 6.08 Å². The highest BCUT2D eigenvalue weighted by Gasteiger charge is 2.36. The Hall–Kier alpha value is -3.38.